The first-order valence-electron chi connectivity index (χ1n) is 5.79. The van der Waals surface area contributed by atoms with Crippen molar-refractivity contribution in [2.45, 2.75) is 44.6 Å². The topological polar surface area (TPSA) is 32.3 Å². The maximum atomic E-state index is 11.7. The average Bonchev–Trinajstić information content (AvgIpc) is 2.36. The molecule has 0 aromatic heterocycles. The lowest BCUT2D eigenvalue weighted by molar-refractivity contribution is -0.127. The molecule has 0 radical (unpaired) electrons. The van der Waals surface area contributed by atoms with Gasteiger partial charge in [-0.3, -0.25) is 4.79 Å². The Hall–Kier alpha value is -0.570. The molecule has 1 atom stereocenters. The van der Waals surface area contributed by atoms with E-state index in [1.165, 1.54) is 25.7 Å². The van der Waals surface area contributed by atoms with Crippen molar-refractivity contribution in [1.29, 1.82) is 0 Å². The molecular weight excluding hydrogens is 176 g/mol. The Morgan fingerprint density at radius 3 is 3.00 bits per heavy atom. The van der Waals surface area contributed by atoms with E-state index in [4.69, 9.17) is 0 Å². The van der Waals surface area contributed by atoms with Gasteiger partial charge in [0.1, 0.15) is 0 Å². The highest BCUT2D eigenvalue weighted by Crippen LogP contribution is 2.29. The van der Waals surface area contributed by atoms with Crippen LogP contribution in [-0.2, 0) is 4.79 Å². The lowest BCUT2D eigenvalue weighted by Crippen LogP contribution is -2.46. The minimum absolute atomic E-state index is 0.129. The predicted molar refractivity (Wildman–Crippen MR) is 56.1 cm³/mol. The van der Waals surface area contributed by atoms with E-state index < -0.39 is 0 Å². The molecule has 2 saturated heterocycles. The van der Waals surface area contributed by atoms with Gasteiger partial charge in [0, 0.05) is 25.0 Å². The van der Waals surface area contributed by atoms with Crippen LogP contribution >= 0.6 is 0 Å². The molecule has 1 spiro atoms. The number of carbonyl (C=O) groups excluding carboxylic acids is 1. The maximum Gasteiger partial charge on any atom is 0.224 e. The normalized spacial score (nSPS) is 33.8. The molecule has 0 aliphatic carbocycles. The van der Waals surface area contributed by atoms with Gasteiger partial charge in [-0.2, -0.15) is 0 Å². The highest BCUT2D eigenvalue weighted by Gasteiger charge is 2.41. The number of amides is 1. The number of likely N-dealkylation sites (tertiary alicyclic amines) is 1. The summed E-state index contributed by atoms with van der Waals surface area (Å²) in [4.78, 5) is 13.7. The third kappa shape index (κ3) is 1.78. The summed E-state index contributed by atoms with van der Waals surface area (Å²) in [5, 5.41) is 3.59. The van der Waals surface area contributed by atoms with Crippen LogP contribution in [0.2, 0.25) is 0 Å². The SMILES string of the molecule is CCN1CC2(CCCCCN2)CC1=O. The second-order valence-electron chi connectivity index (χ2n) is 4.60. The van der Waals surface area contributed by atoms with Crippen molar-refractivity contribution in [3.05, 3.63) is 0 Å². The van der Waals surface area contributed by atoms with Crippen molar-refractivity contribution in [2.75, 3.05) is 19.6 Å². The highest BCUT2D eigenvalue weighted by molar-refractivity contribution is 5.80. The molecule has 3 heteroatoms. The second-order valence-corrected chi connectivity index (χ2v) is 4.60. The second kappa shape index (κ2) is 3.89. The van der Waals surface area contributed by atoms with E-state index in [1.807, 2.05) is 4.90 Å². The molecule has 1 amide bonds. The fourth-order valence-corrected chi connectivity index (χ4v) is 2.69. The van der Waals surface area contributed by atoms with Gasteiger partial charge in [0.2, 0.25) is 5.91 Å². The average molecular weight is 196 g/mol. The first-order valence-corrected chi connectivity index (χ1v) is 5.79. The van der Waals surface area contributed by atoms with Crippen molar-refractivity contribution in [3.8, 4) is 0 Å². The molecule has 1 N–H and O–H groups in total. The summed E-state index contributed by atoms with van der Waals surface area (Å²) in [6.07, 6.45) is 5.76. The first-order chi connectivity index (χ1) is 6.76. The Morgan fingerprint density at radius 2 is 2.29 bits per heavy atom. The summed E-state index contributed by atoms with van der Waals surface area (Å²) in [6.45, 7) is 4.95. The summed E-state index contributed by atoms with van der Waals surface area (Å²) >= 11 is 0. The van der Waals surface area contributed by atoms with Crippen LogP contribution in [0.3, 0.4) is 0 Å². The minimum atomic E-state index is 0.129. The van der Waals surface area contributed by atoms with Crippen molar-refractivity contribution in [3.63, 3.8) is 0 Å². The Kier molecular flexibility index (Phi) is 2.77. The summed E-state index contributed by atoms with van der Waals surface area (Å²) in [7, 11) is 0. The summed E-state index contributed by atoms with van der Waals surface area (Å²) in [5.74, 6) is 0.335. The van der Waals surface area contributed by atoms with E-state index >= 15 is 0 Å². The molecule has 0 saturated carbocycles. The number of likely N-dealkylation sites (N-methyl/N-ethyl adjacent to an activating group) is 1. The van der Waals surface area contributed by atoms with Gasteiger partial charge in [0.25, 0.3) is 0 Å². The van der Waals surface area contributed by atoms with Crippen LogP contribution in [0.4, 0.5) is 0 Å². The standard InChI is InChI=1S/C11H20N2O/c1-2-13-9-11(8-10(13)14)6-4-3-5-7-12-11/h12H,2-9H2,1H3. The lowest BCUT2D eigenvalue weighted by Gasteiger charge is -2.28. The van der Waals surface area contributed by atoms with Crippen LogP contribution in [0.1, 0.15) is 39.0 Å². The van der Waals surface area contributed by atoms with E-state index in [-0.39, 0.29) is 5.54 Å². The third-order valence-corrected chi connectivity index (χ3v) is 3.55. The van der Waals surface area contributed by atoms with Crippen LogP contribution in [0.5, 0.6) is 0 Å². The first kappa shape index (κ1) is 9.97. The van der Waals surface area contributed by atoms with Crippen LogP contribution in [0.15, 0.2) is 0 Å². The van der Waals surface area contributed by atoms with Gasteiger partial charge >= 0.3 is 0 Å². The van der Waals surface area contributed by atoms with E-state index in [9.17, 15) is 4.79 Å². The van der Waals surface area contributed by atoms with Crippen LogP contribution in [0, 0.1) is 0 Å². The number of nitrogens with zero attached hydrogens (tertiary/aromatic N) is 1. The molecule has 2 heterocycles. The maximum absolute atomic E-state index is 11.7. The van der Waals surface area contributed by atoms with Crippen molar-refractivity contribution in [1.82, 2.24) is 10.2 Å². The van der Waals surface area contributed by atoms with Gasteiger partial charge in [-0.05, 0) is 26.3 Å². The number of nitrogens with one attached hydrogen (secondary N) is 1. The van der Waals surface area contributed by atoms with Crippen LogP contribution in [-0.4, -0.2) is 36.0 Å². The molecule has 14 heavy (non-hydrogen) atoms. The van der Waals surface area contributed by atoms with E-state index in [2.05, 4.69) is 12.2 Å². The molecule has 1 unspecified atom stereocenters. The zero-order valence-electron chi connectivity index (χ0n) is 9.01. The molecule has 0 bridgehead atoms. The molecule has 3 nitrogen and oxygen atoms in total. The molecule has 0 aromatic carbocycles. The summed E-state index contributed by atoms with van der Waals surface area (Å²) in [6, 6.07) is 0. The Bertz CT molecular complexity index is 219. The quantitative estimate of drug-likeness (QED) is 0.682. The van der Waals surface area contributed by atoms with E-state index in [1.54, 1.807) is 0 Å². The van der Waals surface area contributed by atoms with Gasteiger partial charge in [-0.25, -0.2) is 0 Å². The van der Waals surface area contributed by atoms with E-state index in [0.717, 1.165) is 26.1 Å². The molecule has 2 fully saturated rings. The molecule has 2 aliphatic rings. The Balaban J connectivity index is 2.05. The van der Waals surface area contributed by atoms with Gasteiger partial charge in [0.15, 0.2) is 0 Å². The molecule has 80 valence electrons. The summed E-state index contributed by atoms with van der Waals surface area (Å²) < 4.78 is 0. The predicted octanol–water partition coefficient (Wildman–Crippen LogP) is 1.14. The number of rotatable bonds is 1. The number of carbonyl (C=O) groups is 1. The van der Waals surface area contributed by atoms with Crippen molar-refractivity contribution < 1.29 is 4.79 Å². The van der Waals surface area contributed by atoms with E-state index in [0.29, 0.717) is 5.91 Å². The molecular formula is C11H20N2O. The van der Waals surface area contributed by atoms with Crippen LogP contribution < -0.4 is 5.32 Å². The van der Waals surface area contributed by atoms with Crippen molar-refractivity contribution in [2.24, 2.45) is 0 Å². The largest absolute Gasteiger partial charge is 0.341 e. The fourth-order valence-electron chi connectivity index (χ4n) is 2.69. The van der Waals surface area contributed by atoms with Crippen LogP contribution in [0.25, 0.3) is 0 Å². The smallest absolute Gasteiger partial charge is 0.224 e. The Labute approximate surface area is 85.8 Å². The molecule has 2 rings (SSSR count). The molecule has 0 aromatic rings. The van der Waals surface area contributed by atoms with Gasteiger partial charge in [0.05, 0.1) is 0 Å². The monoisotopic (exact) mass is 196 g/mol. The fraction of sp³-hybridized carbons (Fsp3) is 0.909. The molecule has 2 aliphatic heterocycles. The number of hydrogen-bond donors (Lipinski definition) is 1. The van der Waals surface area contributed by atoms with Gasteiger partial charge in [-0.1, -0.05) is 12.8 Å². The minimum Gasteiger partial charge on any atom is -0.341 e. The van der Waals surface area contributed by atoms with Gasteiger partial charge < -0.3 is 10.2 Å². The summed E-state index contributed by atoms with van der Waals surface area (Å²) in [5.41, 5.74) is 0.129. The highest BCUT2D eigenvalue weighted by atomic mass is 16.2. The number of hydrogen-bond acceptors (Lipinski definition) is 2. The van der Waals surface area contributed by atoms with Crippen molar-refractivity contribution >= 4 is 5.91 Å². The lowest BCUT2D eigenvalue weighted by atomic mass is 9.93. The van der Waals surface area contributed by atoms with Gasteiger partial charge in [-0.15, -0.1) is 0 Å². The Morgan fingerprint density at radius 1 is 1.43 bits per heavy atom. The third-order valence-electron chi connectivity index (χ3n) is 3.55. The zero-order valence-corrected chi connectivity index (χ0v) is 9.01. The zero-order chi connectivity index (χ0) is 10.0.